The summed E-state index contributed by atoms with van der Waals surface area (Å²) in [7, 11) is 0. The maximum Gasteiger partial charge on any atom is 0.397 e. The first-order valence-corrected chi connectivity index (χ1v) is 11.8. The molecule has 1 N–H and O–H groups in total. The van der Waals surface area contributed by atoms with Gasteiger partial charge in [-0.3, -0.25) is 0 Å². The number of ether oxygens (including phenoxy) is 1. The fourth-order valence-electron chi connectivity index (χ4n) is 4.40. The molecule has 186 valence electrons. The Labute approximate surface area is 200 Å². The van der Waals surface area contributed by atoms with Crippen LogP contribution in [-0.2, 0) is 0 Å². The number of carbonyl (C=O) groups is 1. The van der Waals surface area contributed by atoms with E-state index in [1.54, 1.807) is 0 Å². The van der Waals surface area contributed by atoms with Gasteiger partial charge in [0.05, 0.1) is 10.2 Å². The van der Waals surface area contributed by atoms with Gasteiger partial charge in [-0.15, -0.1) is 16.9 Å². The van der Waals surface area contributed by atoms with Crippen molar-refractivity contribution in [1.82, 2.24) is 14.8 Å². The molecule has 11 heteroatoms. The summed E-state index contributed by atoms with van der Waals surface area (Å²) in [6.45, 7) is 10.8. The zero-order valence-corrected chi connectivity index (χ0v) is 20.8. The Bertz CT molecular complexity index is 1130. The van der Waals surface area contributed by atoms with Crippen molar-refractivity contribution in [2.24, 2.45) is 5.41 Å². The van der Waals surface area contributed by atoms with E-state index >= 15 is 0 Å². The predicted octanol–water partition coefficient (Wildman–Crippen LogP) is 5.19. The average Bonchev–Trinajstić information content (AvgIpc) is 3.03. The smallest absolute Gasteiger partial charge is 0.397 e. The third kappa shape index (κ3) is 4.12. The van der Waals surface area contributed by atoms with Crippen LogP contribution in [-0.4, -0.2) is 60.2 Å². The highest BCUT2D eigenvalue weighted by Gasteiger charge is 2.69. The zero-order chi connectivity index (χ0) is 25.3. The van der Waals surface area contributed by atoms with Crippen LogP contribution in [0.4, 0.5) is 19.0 Å². The highest BCUT2D eigenvalue weighted by atomic mass is 32.2. The van der Waals surface area contributed by atoms with Gasteiger partial charge < -0.3 is 14.7 Å². The number of thioether (sulfide) groups is 1. The number of hydrogen-bond donors (Lipinski definition) is 1. The minimum atomic E-state index is -4.41. The van der Waals surface area contributed by atoms with Gasteiger partial charge in [0, 0.05) is 29.1 Å². The van der Waals surface area contributed by atoms with Crippen molar-refractivity contribution in [1.29, 1.82) is 0 Å². The van der Waals surface area contributed by atoms with Gasteiger partial charge in [0.15, 0.2) is 5.82 Å². The highest BCUT2D eigenvalue weighted by molar-refractivity contribution is 8.09. The van der Waals surface area contributed by atoms with Gasteiger partial charge in [0.1, 0.15) is 18.0 Å². The molecule has 2 aliphatic heterocycles. The lowest BCUT2D eigenvalue weighted by molar-refractivity contribution is -0.219. The van der Waals surface area contributed by atoms with Crippen molar-refractivity contribution in [3.05, 3.63) is 30.0 Å². The summed E-state index contributed by atoms with van der Waals surface area (Å²) < 4.78 is 46.1. The number of aromatic carboxylic acids is 1. The molecule has 0 amide bonds. The van der Waals surface area contributed by atoms with Crippen molar-refractivity contribution >= 4 is 23.5 Å². The zero-order valence-electron chi connectivity index (χ0n) is 20.0. The fourth-order valence-corrected chi connectivity index (χ4v) is 6.08. The van der Waals surface area contributed by atoms with Crippen LogP contribution >= 0.6 is 11.8 Å². The predicted molar refractivity (Wildman–Crippen MR) is 124 cm³/mol. The molecule has 0 aromatic carbocycles. The standard InChI is InChI=1S/C23H29F3N4O3S/c1-19(2,23(24,25)26)13-33-16-9-10-30(28-16)15-8-7-14(18(31)32)17(27-15)29-12-22(11-20(29,3)4)21(5,6)34-22/h7-10H,11-13H2,1-6H3,(H,31,32). The van der Waals surface area contributed by atoms with Gasteiger partial charge in [0.2, 0.25) is 5.88 Å². The first-order valence-electron chi connectivity index (χ1n) is 11.0. The molecule has 2 aromatic rings. The monoisotopic (exact) mass is 498 g/mol. The van der Waals surface area contributed by atoms with Crippen molar-refractivity contribution in [2.45, 2.75) is 69.2 Å². The van der Waals surface area contributed by atoms with Crippen LogP contribution in [0.25, 0.3) is 5.82 Å². The van der Waals surface area contributed by atoms with E-state index in [-0.39, 0.29) is 26.5 Å². The second kappa shape index (κ2) is 7.53. The van der Waals surface area contributed by atoms with Crippen LogP contribution in [0.2, 0.25) is 0 Å². The molecule has 2 saturated heterocycles. The minimum Gasteiger partial charge on any atom is -0.478 e. The number of anilines is 1. The third-order valence-corrected chi connectivity index (χ3v) is 8.73. The summed E-state index contributed by atoms with van der Waals surface area (Å²) >= 11 is 1.90. The number of aromatic nitrogens is 3. The highest BCUT2D eigenvalue weighted by Crippen LogP contribution is 2.70. The van der Waals surface area contributed by atoms with Crippen molar-refractivity contribution in [3.63, 3.8) is 0 Å². The van der Waals surface area contributed by atoms with Gasteiger partial charge in [-0.2, -0.15) is 13.2 Å². The Balaban J connectivity index is 1.62. The molecule has 1 atom stereocenters. The molecular weight excluding hydrogens is 469 g/mol. The molecular formula is C23H29F3N4O3S. The number of hydrogen-bond acceptors (Lipinski definition) is 6. The summed E-state index contributed by atoms with van der Waals surface area (Å²) in [4.78, 5) is 18.7. The second-order valence-corrected chi connectivity index (χ2v) is 12.8. The van der Waals surface area contributed by atoms with Gasteiger partial charge in [0.25, 0.3) is 0 Å². The van der Waals surface area contributed by atoms with Crippen molar-refractivity contribution in [2.75, 3.05) is 18.1 Å². The molecule has 2 fully saturated rings. The lowest BCUT2D eigenvalue weighted by atomic mass is 9.89. The summed E-state index contributed by atoms with van der Waals surface area (Å²) in [5.74, 6) is -0.345. The van der Waals surface area contributed by atoms with Gasteiger partial charge >= 0.3 is 12.1 Å². The molecule has 1 spiro atoms. The maximum atomic E-state index is 13.1. The fraction of sp³-hybridized carbons (Fsp3) is 0.609. The van der Waals surface area contributed by atoms with Crippen molar-refractivity contribution in [3.8, 4) is 11.7 Å². The summed E-state index contributed by atoms with van der Waals surface area (Å²) in [5, 5.41) is 14.0. The maximum absolute atomic E-state index is 13.1. The largest absolute Gasteiger partial charge is 0.478 e. The van der Waals surface area contributed by atoms with Crippen LogP contribution < -0.4 is 9.64 Å². The molecule has 1 unspecified atom stereocenters. The molecule has 0 radical (unpaired) electrons. The third-order valence-electron chi connectivity index (χ3n) is 6.86. The molecule has 0 aliphatic carbocycles. The number of alkyl halides is 3. The van der Waals surface area contributed by atoms with Crippen LogP contribution in [0.5, 0.6) is 5.88 Å². The van der Waals surface area contributed by atoms with Crippen molar-refractivity contribution < 1.29 is 27.8 Å². The lowest BCUT2D eigenvalue weighted by Crippen LogP contribution is -2.40. The van der Waals surface area contributed by atoms with Gasteiger partial charge in [-0.05, 0) is 60.1 Å². The number of nitrogens with zero attached hydrogens (tertiary/aromatic N) is 4. The Hall–Kier alpha value is -2.43. The summed E-state index contributed by atoms with van der Waals surface area (Å²) in [6.07, 6.45) is -1.98. The minimum absolute atomic E-state index is 0.0274. The first-order chi connectivity index (χ1) is 15.5. The Morgan fingerprint density at radius 3 is 2.38 bits per heavy atom. The number of carboxylic acid groups (broad SMARTS) is 1. The first kappa shape index (κ1) is 24.7. The van der Waals surface area contributed by atoms with Gasteiger partial charge in [-0.25, -0.2) is 14.5 Å². The average molecular weight is 499 g/mol. The normalized spacial score (nSPS) is 23.4. The van der Waals surface area contributed by atoms with E-state index in [9.17, 15) is 23.1 Å². The van der Waals surface area contributed by atoms with E-state index in [2.05, 4.69) is 42.7 Å². The number of halogens is 3. The van der Waals surface area contributed by atoms with Gasteiger partial charge in [-0.1, -0.05) is 0 Å². The molecule has 0 saturated carbocycles. The molecule has 0 bridgehead atoms. The topological polar surface area (TPSA) is 80.5 Å². The molecule has 4 rings (SSSR count). The van der Waals surface area contributed by atoms with E-state index in [1.807, 2.05) is 11.8 Å². The van der Waals surface area contributed by atoms with E-state index < -0.39 is 24.2 Å². The molecule has 34 heavy (non-hydrogen) atoms. The molecule has 2 aliphatic rings. The van der Waals surface area contributed by atoms with E-state index in [0.29, 0.717) is 18.2 Å². The quantitative estimate of drug-likeness (QED) is 0.550. The molecule has 4 heterocycles. The van der Waals surface area contributed by atoms with E-state index in [0.717, 1.165) is 20.3 Å². The SMILES string of the molecule is CC1(C)CC2(CN1c1nc(-n3ccc(OCC(C)(C)C(F)(F)F)n3)ccc1C(=O)O)SC2(C)C. The number of carboxylic acids is 1. The Morgan fingerprint density at radius 2 is 1.85 bits per heavy atom. The van der Waals surface area contributed by atoms with Crippen LogP contribution in [0.3, 0.4) is 0 Å². The van der Waals surface area contributed by atoms with E-state index in [4.69, 9.17) is 4.74 Å². The summed E-state index contributed by atoms with van der Waals surface area (Å²) in [5.41, 5.74) is -2.25. The second-order valence-electron chi connectivity index (χ2n) is 10.8. The Morgan fingerprint density at radius 1 is 1.21 bits per heavy atom. The molecule has 7 nitrogen and oxygen atoms in total. The lowest BCUT2D eigenvalue weighted by Gasteiger charge is -2.33. The van der Waals surface area contributed by atoms with Crippen LogP contribution in [0.15, 0.2) is 24.4 Å². The summed E-state index contributed by atoms with van der Waals surface area (Å²) in [6, 6.07) is 4.47. The molecule has 2 aromatic heterocycles. The van der Waals surface area contributed by atoms with Crippen LogP contribution in [0, 0.1) is 5.41 Å². The van der Waals surface area contributed by atoms with Crippen LogP contribution in [0.1, 0.15) is 58.3 Å². The van der Waals surface area contributed by atoms with E-state index in [1.165, 1.54) is 29.1 Å². The Kier molecular flexibility index (Phi) is 5.47. The number of rotatable bonds is 6. The number of pyridine rings is 1.